The zero-order valence-electron chi connectivity index (χ0n) is 20.1. The molecule has 4 rings (SSSR count). The van der Waals surface area contributed by atoms with Crippen LogP contribution in [0.2, 0.25) is 0 Å². The third kappa shape index (κ3) is 4.80. The normalized spacial score (nSPS) is 22.2. The summed E-state index contributed by atoms with van der Waals surface area (Å²) in [5, 5.41) is -0.496. The fourth-order valence-electron chi connectivity index (χ4n) is 5.02. The molecule has 2 aromatic rings. The molecular formula is C26H35N3O3S. The maximum atomic E-state index is 13.7. The van der Waals surface area contributed by atoms with Gasteiger partial charge in [-0.2, -0.15) is 0 Å². The molecule has 2 saturated heterocycles. The Labute approximate surface area is 198 Å². The molecule has 1 amide bonds. The van der Waals surface area contributed by atoms with E-state index in [2.05, 4.69) is 36.9 Å². The second-order valence-corrected chi connectivity index (χ2v) is 12.1. The van der Waals surface area contributed by atoms with E-state index in [1.807, 2.05) is 35.2 Å². The topological polar surface area (TPSA) is 60.9 Å². The van der Waals surface area contributed by atoms with Crippen molar-refractivity contribution in [2.24, 2.45) is 5.92 Å². The van der Waals surface area contributed by atoms with E-state index in [1.54, 1.807) is 13.8 Å². The molecule has 0 bridgehead atoms. The molecule has 0 spiro atoms. The molecule has 0 aliphatic carbocycles. The van der Waals surface area contributed by atoms with Crippen LogP contribution in [0.5, 0.6) is 0 Å². The van der Waals surface area contributed by atoms with Crippen molar-refractivity contribution in [3.05, 3.63) is 65.2 Å². The lowest BCUT2D eigenvalue weighted by atomic mass is 9.88. The smallest absolute Gasteiger partial charge is 0.227 e. The molecule has 0 N–H and O–H groups in total. The Morgan fingerprint density at radius 3 is 2.24 bits per heavy atom. The summed E-state index contributed by atoms with van der Waals surface area (Å²) in [7, 11) is -3.41. The van der Waals surface area contributed by atoms with Gasteiger partial charge in [-0.1, -0.05) is 42.5 Å². The Bertz CT molecular complexity index is 1090. The first-order valence-corrected chi connectivity index (χ1v) is 13.3. The molecular weight excluding hydrogens is 434 g/mol. The molecule has 33 heavy (non-hydrogen) atoms. The maximum absolute atomic E-state index is 13.7. The second kappa shape index (κ2) is 9.47. The lowest BCUT2D eigenvalue weighted by molar-refractivity contribution is -0.135. The molecule has 2 aliphatic rings. The number of piperazine rings is 1. The Hall–Kier alpha value is -2.38. The van der Waals surface area contributed by atoms with E-state index >= 15 is 0 Å². The van der Waals surface area contributed by atoms with Crippen LogP contribution in [0.1, 0.15) is 36.5 Å². The molecule has 7 heteroatoms. The SMILES string of the molecule is Cc1ccc(C)c(N2CCN(C(=O)[C@@H]3CN(S(=O)(=O)C(C)C)C[C@H]3c3ccccc3)CC2)c1. The minimum Gasteiger partial charge on any atom is -0.368 e. The maximum Gasteiger partial charge on any atom is 0.227 e. The molecule has 0 aromatic heterocycles. The van der Waals surface area contributed by atoms with E-state index in [1.165, 1.54) is 21.1 Å². The Balaban J connectivity index is 1.51. The van der Waals surface area contributed by atoms with Crippen molar-refractivity contribution in [3.63, 3.8) is 0 Å². The minimum absolute atomic E-state index is 0.0749. The second-order valence-electron chi connectivity index (χ2n) is 9.64. The van der Waals surface area contributed by atoms with Crippen molar-refractivity contribution >= 4 is 21.6 Å². The first-order chi connectivity index (χ1) is 15.7. The molecule has 2 fully saturated rings. The summed E-state index contributed by atoms with van der Waals surface area (Å²) < 4.78 is 27.3. The lowest BCUT2D eigenvalue weighted by Crippen LogP contribution is -2.51. The summed E-state index contributed by atoms with van der Waals surface area (Å²) in [6.45, 7) is 11.1. The fraction of sp³-hybridized carbons (Fsp3) is 0.500. The number of carbonyl (C=O) groups is 1. The van der Waals surface area contributed by atoms with Gasteiger partial charge in [-0.25, -0.2) is 12.7 Å². The number of benzene rings is 2. The average molecular weight is 470 g/mol. The van der Waals surface area contributed by atoms with Gasteiger partial charge in [-0.15, -0.1) is 0 Å². The Morgan fingerprint density at radius 2 is 1.61 bits per heavy atom. The summed E-state index contributed by atoms with van der Waals surface area (Å²) in [6.07, 6.45) is 0. The standard InChI is InChI=1S/C26H35N3O3S/c1-19(2)33(31,32)29-17-23(22-8-6-5-7-9-22)24(18-29)26(30)28-14-12-27(13-15-28)25-16-20(3)10-11-21(25)4/h5-11,16,19,23-24H,12-15,17-18H2,1-4H3/t23-,24+/m0/s1. The van der Waals surface area contributed by atoms with Crippen LogP contribution in [0.15, 0.2) is 48.5 Å². The zero-order valence-corrected chi connectivity index (χ0v) is 20.9. The van der Waals surface area contributed by atoms with Gasteiger partial charge in [-0.3, -0.25) is 4.79 Å². The van der Waals surface area contributed by atoms with Crippen molar-refractivity contribution in [1.82, 2.24) is 9.21 Å². The van der Waals surface area contributed by atoms with Crippen molar-refractivity contribution in [1.29, 1.82) is 0 Å². The van der Waals surface area contributed by atoms with Gasteiger partial charge in [-0.05, 0) is 50.5 Å². The van der Waals surface area contributed by atoms with Crippen LogP contribution in [0, 0.1) is 19.8 Å². The monoisotopic (exact) mass is 469 g/mol. The van der Waals surface area contributed by atoms with Gasteiger partial charge >= 0.3 is 0 Å². The van der Waals surface area contributed by atoms with E-state index in [9.17, 15) is 13.2 Å². The van der Waals surface area contributed by atoms with Crippen LogP contribution < -0.4 is 4.90 Å². The number of amides is 1. The highest BCUT2D eigenvalue weighted by Gasteiger charge is 2.45. The number of anilines is 1. The predicted molar refractivity (Wildman–Crippen MR) is 133 cm³/mol. The number of hydrogen-bond donors (Lipinski definition) is 0. The Kier molecular flexibility index (Phi) is 6.82. The molecule has 0 radical (unpaired) electrons. The average Bonchev–Trinajstić information content (AvgIpc) is 3.27. The fourth-order valence-corrected chi connectivity index (χ4v) is 6.36. The van der Waals surface area contributed by atoms with Crippen LogP contribution >= 0.6 is 0 Å². The first kappa shape index (κ1) is 23.8. The minimum atomic E-state index is -3.41. The van der Waals surface area contributed by atoms with Gasteiger partial charge in [0.25, 0.3) is 0 Å². The predicted octanol–water partition coefficient (Wildman–Crippen LogP) is 3.41. The van der Waals surface area contributed by atoms with Crippen LogP contribution in [-0.2, 0) is 14.8 Å². The summed E-state index contributed by atoms with van der Waals surface area (Å²) in [5.74, 6) is -0.400. The van der Waals surface area contributed by atoms with Gasteiger partial charge in [0, 0.05) is 50.9 Å². The highest BCUT2D eigenvalue weighted by atomic mass is 32.2. The van der Waals surface area contributed by atoms with Gasteiger partial charge in [0.1, 0.15) is 0 Å². The van der Waals surface area contributed by atoms with E-state index in [0.29, 0.717) is 19.6 Å². The number of sulfonamides is 1. The highest BCUT2D eigenvalue weighted by molar-refractivity contribution is 7.89. The summed E-state index contributed by atoms with van der Waals surface area (Å²) >= 11 is 0. The van der Waals surface area contributed by atoms with E-state index in [0.717, 1.165) is 18.7 Å². The van der Waals surface area contributed by atoms with Gasteiger partial charge < -0.3 is 9.80 Å². The number of carbonyl (C=O) groups excluding carboxylic acids is 1. The lowest BCUT2D eigenvalue weighted by Gasteiger charge is -2.38. The quantitative estimate of drug-likeness (QED) is 0.673. The van der Waals surface area contributed by atoms with Crippen molar-refractivity contribution in [2.45, 2.75) is 38.9 Å². The number of rotatable bonds is 5. The molecule has 6 nitrogen and oxygen atoms in total. The third-order valence-electron chi connectivity index (χ3n) is 7.08. The number of nitrogens with zero attached hydrogens (tertiary/aromatic N) is 3. The first-order valence-electron chi connectivity index (χ1n) is 11.8. The summed E-state index contributed by atoms with van der Waals surface area (Å²) in [4.78, 5) is 18.0. The van der Waals surface area contributed by atoms with Crippen LogP contribution in [-0.4, -0.2) is 68.0 Å². The van der Waals surface area contributed by atoms with Crippen molar-refractivity contribution < 1.29 is 13.2 Å². The van der Waals surface area contributed by atoms with E-state index < -0.39 is 15.3 Å². The van der Waals surface area contributed by atoms with Crippen LogP contribution in [0.3, 0.4) is 0 Å². The Morgan fingerprint density at radius 1 is 0.939 bits per heavy atom. The van der Waals surface area contributed by atoms with Crippen LogP contribution in [0.4, 0.5) is 5.69 Å². The molecule has 178 valence electrons. The summed E-state index contributed by atoms with van der Waals surface area (Å²) in [6, 6.07) is 16.4. The molecule has 2 atom stereocenters. The number of aryl methyl sites for hydroxylation is 2. The van der Waals surface area contributed by atoms with Crippen molar-refractivity contribution in [2.75, 3.05) is 44.2 Å². The van der Waals surface area contributed by atoms with Gasteiger partial charge in [0.05, 0.1) is 11.2 Å². The third-order valence-corrected chi connectivity index (χ3v) is 9.29. The molecule has 2 aromatic carbocycles. The van der Waals surface area contributed by atoms with E-state index in [4.69, 9.17) is 0 Å². The molecule has 0 unspecified atom stereocenters. The zero-order chi connectivity index (χ0) is 23.8. The van der Waals surface area contributed by atoms with Gasteiger partial charge in [0.2, 0.25) is 15.9 Å². The molecule has 2 heterocycles. The largest absolute Gasteiger partial charge is 0.368 e. The molecule has 0 saturated carbocycles. The van der Waals surface area contributed by atoms with E-state index in [-0.39, 0.29) is 24.3 Å². The summed E-state index contributed by atoms with van der Waals surface area (Å²) in [5.41, 5.74) is 4.75. The van der Waals surface area contributed by atoms with Gasteiger partial charge in [0.15, 0.2) is 0 Å². The van der Waals surface area contributed by atoms with Crippen molar-refractivity contribution in [3.8, 4) is 0 Å². The molecule has 2 aliphatic heterocycles. The van der Waals surface area contributed by atoms with Crippen LogP contribution in [0.25, 0.3) is 0 Å². The highest BCUT2D eigenvalue weighted by Crippen LogP contribution is 2.36. The number of hydrogen-bond acceptors (Lipinski definition) is 4.